The predicted molar refractivity (Wildman–Crippen MR) is 86.4 cm³/mol. The Morgan fingerprint density at radius 3 is 2.38 bits per heavy atom. The molecule has 1 amide bonds. The van der Waals surface area contributed by atoms with Gasteiger partial charge >= 0.3 is 5.97 Å². The third kappa shape index (κ3) is 4.23. The molecule has 21 heavy (non-hydrogen) atoms. The normalized spacial score (nSPS) is 21.5. The van der Waals surface area contributed by atoms with E-state index in [4.69, 9.17) is 5.11 Å². The summed E-state index contributed by atoms with van der Waals surface area (Å²) in [7, 11) is 0. The second kappa shape index (κ2) is 6.40. The number of carboxylic acids is 1. The number of thioether (sulfide) groups is 1. The molecule has 2 rings (SSSR count). The molecule has 1 aromatic carbocycles. The summed E-state index contributed by atoms with van der Waals surface area (Å²) in [6.07, 6.45) is 1.06. The van der Waals surface area contributed by atoms with Crippen LogP contribution >= 0.6 is 27.7 Å². The molecule has 1 fully saturated rings. The first-order valence-corrected chi connectivity index (χ1v) is 8.37. The number of amides is 1. The monoisotopic (exact) mass is 371 g/mol. The lowest BCUT2D eigenvalue weighted by Gasteiger charge is -2.35. The van der Waals surface area contributed by atoms with Gasteiger partial charge in [0, 0.05) is 15.4 Å². The van der Waals surface area contributed by atoms with Crippen LogP contribution in [0.3, 0.4) is 0 Å². The van der Waals surface area contributed by atoms with E-state index in [1.807, 2.05) is 38.1 Å². The van der Waals surface area contributed by atoms with Crippen LogP contribution in [0.15, 0.2) is 33.6 Å². The van der Waals surface area contributed by atoms with Crippen LogP contribution in [0.5, 0.6) is 0 Å². The largest absolute Gasteiger partial charge is 0.481 e. The maximum atomic E-state index is 12.3. The summed E-state index contributed by atoms with van der Waals surface area (Å²) in [5, 5.41) is 11.8. The minimum atomic E-state index is -0.774. The molecule has 0 bridgehead atoms. The second-order valence-corrected chi connectivity index (χ2v) is 8.36. The van der Waals surface area contributed by atoms with E-state index in [2.05, 4.69) is 21.2 Å². The molecule has 6 heteroatoms. The van der Waals surface area contributed by atoms with Gasteiger partial charge in [0.25, 0.3) is 0 Å². The minimum absolute atomic E-state index is 0.0107. The average Bonchev–Trinajstić information content (AvgIpc) is 2.35. The maximum Gasteiger partial charge on any atom is 0.306 e. The molecule has 0 radical (unpaired) electrons. The van der Waals surface area contributed by atoms with Crippen molar-refractivity contribution < 1.29 is 14.7 Å². The van der Waals surface area contributed by atoms with Crippen LogP contribution in [-0.4, -0.2) is 27.8 Å². The lowest BCUT2D eigenvalue weighted by molar-refractivity contribution is -0.146. The van der Waals surface area contributed by atoms with Gasteiger partial charge in [0.1, 0.15) is 0 Å². The smallest absolute Gasteiger partial charge is 0.306 e. The number of rotatable bonds is 5. The van der Waals surface area contributed by atoms with Crippen LogP contribution in [0.25, 0.3) is 0 Å². The van der Waals surface area contributed by atoms with E-state index < -0.39 is 10.7 Å². The van der Waals surface area contributed by atoms with Gasteiger partial charge in [-0.25, -0.2) is 0 Å². The van der Waals surface area contributed by atoms with Gasteiger partial charge in [-0.15, -0.1) is 11.8 Å². The molecule has 0 heterocycles. The molecule has 1 aliphatic carbocycles. The Bertz CT molecular complexity index is 538. The molecular weight excluding hydrogens is 354 g/mol. The van der Waals surface area contributed by atoms with Crippen LogP contribution in [0.2, 0.25) is 0 Å². The van der Waals surface area contributed by atoms with E-state index in [0.29, 0.717) is 12.8 Å². The number of hydrogen-bond donors (Lipinski definition) is 2. The maximum absolute atomic E-state index is 12.3. The van der Waals surface area contributed by atoms with Gasteiger partial charge < -0.3 is 10.4 Å². The minimum Gasteiger partial charge on any atom is -0.481 e. The molecule has 0 aliphatic heterocycles. The Morgan fingerprint density at radius 2 is 1.86 bits per heavy atom. The quantitative estimate of drug-likeness (QED) is 0.779. The van der Waals surface area contributed by atoms with E-state index in [1.54, 1.807) is 0 Å². The van der Waals surface area contributed by atoms with Crippen molar-refractivity contribution in [1.82, 2.24) is 5.32 Å². The molecule has 1 aromatic rings. The fourth-order valence-corrected chi connectivity index (χ4v) is 3.42. The van der Waals surface area contributed by atoms with Gasteiger partial charge in [0.15, 0.2) is 0 Å². The highest BCUT2D eigenvalue weighted by Gasteiger charge is 2.38. The Morgan fingerprint density at radius 1 is 1.29 bits per heavy atom. The summed E-state index contributed by atoms with van der Waals surface area (Å²) in [6.45, 7) is 3.75. The third-order valence-electron chi connectivity index (χ3n) is 3.56. The highest BCUT2D eigenvalue weighted by molar-refractivity contribution is 9.10. The Labute approximate surface area is 136 Å². The van der Waals surface area contributed by atoms with Gasteiger partial charge in [0.2, 0.25) is 5.91 Å². The summed E-state index contributed by atoms with van der Waals surface area (Å²) >= 11 is 4.88. The topological polar surface area (TPSA) is 66.4 Å². The predicted octanol–water partition coefficient (Wildman–Crippen LogP) is 3.30. The van der Waals surface area contributed by atoms with Crippen molar-refractivity contribution >= 4 is 39.6 Å². The number of carbonyl (C=O) groups excluding carboxylic acids is 1. The van der Waals surface area contributed by atoms with Crippen molar-refractivity contribution in [3.05, 3.63) is 28.7 Å². The Kier molecular flexibility index (Phi) is 4.99. The molecule has 0 saturated heterocycles. The summed E-state index contributed by atoms with van der Waals surface area (Å²) in [4.78, 5) is 24.1. The SMILES string of the molecule is CC(C)(Sc1ccc(Br)cc1)C(=O)NC1CC(C(=O)O)C1. The standard InChI is InChI=1S/C15H18BrNO3S/c1-15(2,21-12-5-3-10(16)4-6-12)14(20)17-11-7-9(8-11)13(18)19/h3-6,9,11H,7-8H2,1-2H3,(H,17,20)(H,18,19). The summed E-state index contributed by atoms with van der Waals surface area (Å²) in [5.74, 6) is -1.13. The van der Waals surface area contributed by atoms with Crippen LogP contribution in [0.4, 0.5) is 0 Å². The van der Waals surface area contributed by atoms with Gasteiger partial charge in [-0.1, -0.05) is 15.9 Å². The van der Waals surface area contributed by atoms with Crippen LogP contribution in [0, 0.1) is 5.92 Å². The van der Waals surface area contributed by atoms with Gasteiger partial charge in [-0.2, -0.15) is 0 Å². The zero-order valence-corrected chi connectivity index (χ0v) is 14.3. The van der Waals surface area contributed by atoms with Crippen molar-refractivity contribution in [3.63, 3.8) is 0 Å². The lowest BCUT2D eigenvalue weighted by Crippen LogP contribution is -2.51. The van der Waals surface area contributed by atoms with E-state index >= 15 is 0 Å². The third-order valence-corrected chi connectivity index (χ3v) is 5.29. The van der Waals surface area contributed by atoms with Crippen molar-refractivity contribution in [2.45, 2.75) is 42.4 Å². The van der Waals surface area contributed by atoms with Crippen LogP contribution in [0.1, 0.15) is 26.7 Å². The molecule has 2 N–H and O–H groups in total. The second-order valence-electron chi connectivity index (χ2n) is 5.74. The number of nitrogens with one attached hydrogen (secondary N) is 1. The molecule has 114 valence electrons. The lowest BCUT2D eigenvalue weighted by atomic mass is 9.80. The van der Waals surface area contributed by atoms with Crippen LogP contribution < -0.4 is 5.32 Å². The van der Waals surface area contributed by atoms with Crippen molar-refractivity contribution in [2.75, 3.05) is 0 Å². The summed E-state index contributed by atoms with van der Waals surface area (Å²) in [6, 6.07) is 7.81. The number of halogens is 1. The molecule has 0 spiro atoms. The van der Waals surface area contributed by atoms with Gasteiger partial charge in [-0.3, -0.25) is 9.59 Å². The van der Waals surface area contributed by atoms with Crippen molar-refractivity contribution in [1.29, 1.82) is 0 Å². The average molecular weight is 372 g/mol. The Hall–Kier alpha value is -1.01. The fraction of sp³-hybridized carbons (Fsp3) is 0.467. The molecular formula is C15H18BrNO3S. The molecule has 1 aliphatic rings. The summed E-state index contributed by atoms with van der Waals surface area (Å²) < 4.78 is 0.408. The van der Waals surface area contributed by atoms with E-state index in [1.165, 1.54) is 11.8 Å². The zero-order chi connectivity index (χ0) is 15.6. The first-order valence-electron chi connectivity index (χ1n) is 6.76. The fourth-order valence-electron chi connectivity index (χ4n) is 2.14. The number of benzene rings is 1. The van der Waals surface area contributed by atoms with Crippen molar-refractivity contribution in [2.24, 2.45) is 5.92 Å². The van der Waals surface area contributed by atoms with Crippen LogP contribution in [-0.2, 0) is 9.59 Å². The zero-order valence-electron chi connectivity index (χ0n) is 11.9. The Balaban J connectivity index is 1.88. The van der Waals surface area contributed by atoms with Crippen molar-refractivity contribution in [3.8, 4) is 0 Å². The summed E-state index contributed by atoms with van der Waals surface area (Å²) in [5.41, 5.74) is 0. The highest BCUT2D eigenvalue weighted by Crippen LogP contribution is 2.34. The molecule has 4 nitrogen and oxygen atoms in total. The first-order chi connectivity index (χ1) is 9.78. The number of hydrogen-bond acceptors (Lipinski definition) is 3. The molecule has 0 unspecified atom stereocenters. The number of carbonyl (C=O) groups is 2. The number of carboxylic acid groups (broad SMARTS) is 1. The molecule has 0 atom stereocenters. The van der Waals surface area contributed by atoms with E-state index in [-0.39, 0.29) is 17.9 Å². The van der Waals surface area contributed by atoms with E-state index in [0.717, 1.165) is 9.37 Å². The first kappa shape index (κ1) is 16.4. The highest BCUT2D eigenvalue weighted by atomic mass is 79.9. The molecule has 1 saturated carbocycles. The van der Waals surface area contributed by atoms with Gasteiger partial charge in [-0.05, 0) is 51.0 Å². The van der Waals surface area contributed by atoms with E-state index in [9.17, 15) is 9.59 Å². The van der Waals surface area contributed by atoms with Gasteiger partial charge in [0.05, 0.1) is 10.7 Å². The molecule has 0 aromatic heterocycles. The number of aliphatic carboxylic acids is 1.